The molecule has 6 heteroatoms. The molecule has 3 aromatic rings. The summed E-state index contributed by atoms with van der Waals surface area (Å²) in [7, 11) is 0. The number of aromatic hydroxyl groups is 1. The number of aromatic nitrogens is 1. The molecule has 3 rings (SSSR count). The minimum atomic E-state index is -0.235. The molecular formula is C16H16N2O4. The van der Waals surface area contributed by atoms with E-state index in [1.54, 1.807) is 6.07 Å². The molecule has 0 bridgehead atoms. The molecular weight excluding hydrogens is 284 g/mol. The Morgan fingerprint density at radius 3 is 2.68 bits per heavy atom. The van der Waals surface area contributed by atoms with E-state index < -0.39 is 0 Å². The summed E-state index contributed by atoms with van der Waals surface area (Å²) in [6, 6.07) is 6.11. The smallest absolute Gasteiger partial charge is 0.216 e. The second kappa shape index (κ2) is 4.91. The third-order valence-corrected chi connectivity index (χ3v) is 3.27. The van der Waals surface area contributed by atoms with Crippen LogP contribution in [-0.2, 0) is 5.41 Å². The van der Waals surface area contributed by atoms with Gasteiger partial charge in [0.25, 0.3) is 0 Å². The molecule has 2 N–H and O–H groups in total. The molecule has 0 fully saturated rings. The van der Waals surface area contributed by atoms with Gasteiger partial charge in [0, 0.05) is 17.5 Å². The first-order valence-corrected chi connectivity index (χ1v) is 6.83. The maximum Gasteiger partial charge on any atom is 0.216 e. The third kappa shape index (κ3) is 2.55. The van der Waals surface area contributed by atoms with Crippen molar-refractivity contribution in [2.75, 3.05) is 5.32 Å². The van der Waals surface area contributed by atoms with Crippen molar-refractivity contribution in [1.82, 2.24) is 5.16 Å². The number of nitrogens with zero attached hydrogens (tertiary/aromatic N) is 1. The number of hydrogen-bond donors (Lipinski definition) is 2. The Kier molecular flexibility index (Phi) is 3.16. The molecule has 22 heavy (non-hydrogen) atoms. The zero-order chi connectivity index (χ0) is 15.9. The molecule has 114 valence electrons. The van der Waals surface area contributed by atoms with E-state index in [4.69, 9.17) is 8.94 Å². The van der Waals surface area contributed by atoms with Crippen LogP contribution in [-0.4, -0.2) is 10.3 Å². The zero-order valence-electron chi connectivity index (χ0n) is 12.5. The SMILES string of the molecule is CC(C)(C)c1cc(Nc2coc3cc(O)ccc3c2=O)no1. The number of phenols is 1. The maximum atomic E-state index is 12.4. The summed E-state index contributed by atoms with van der Waals surface area (Å²) in [5.74, 6) is 1.20. The monoisotopic (exact) mass is 300 g/mol. The predicted molar refractivity (Wildman–Crippen MR) is 82.6 cm³/mol. The Labute approximate surface area is 126 Å². The van der Waals surface area contributed by atoms with Crippen molar-refractivity contribution < 1.29 is 14.0 Å². The van der Waals surface area contributed by atoms with Gasteiger partial charge in [-0.3, -0.25) is 4.79 Å². The first kappa shape index (κ1) is 14.2. The molecule has 2 heterocycles. The lowest BCUT2D eigenvalue weighted by molar-refractivity contribution is 0.331. The van der Waals surface area contributed by atoms with Crippen molar-refractivity contribution >= 4 is 22.5 Å². The average molecular weight is 300 g/mol. The maximum absolute atomic E-state index is 12.4. The van der Waals surface area contributed by atoms with Crippen LogP contribution in [0.4, 0.5) is 11.5 Å². The summed E-state index contributed by atoms with van der Waals surface area (Å²) in [4.78, 5) is 12.4. The van der Waals surface area contributed by atoms with Crippen LogP contribution in [0.1, 0.15) is 26.5 Å². The Balaban J connectivity index is 1.98. The van der Waals surface area contributed by atoms with E-state index >= 15 is 0 Å². The molecule has 0 spiro atoms. The highest BCUT2D eigenvalue weighted by molar-refractivity contribution is 5.81. The van der Waals surface area contributed by atoms with Crippen LogP contribution in [0.25, 0.3) is 11.0 Å². The molecule has 0 aliphatic rings. The summed E-state index contributed by atoms with van der Waals surface area (Å²) in [5.41, 5.74) is 0.179. The van der Waals surface area contributed by atoms with Crippen molar-refractivity contribution in [3.05, 3.63) is 46.5 Å². The van der Waals surface area contributed by atoms with Crippen LogP contribution in [0.15, 0.2) is 44.3 Å². The van der Waals surface area contributed by atoms with Gasteiger partial charge < -0.3 is 19.4 Å². The Hall–Kier alpha value is -2.76. The normalized spacial score (nSPS) is 11.8. The number of nitrogens with one attached hydrogen (secondary N) is 1. The van der Waals surface area contributed by atoms with Crippen LogP contribution < -0.4 is 10.7 Å². The molecule has 0 aliphatic carbocycles. The molecule has 0 saturated carbocycles. The van der Waals surface area contributed by atoms with Gasteiger partial charge in [-0.2, -0.15) is 0 Å². The lowest BCUT2D eigenvalue weighted by atomic mass is 9.93. The molecule has 2 aromatic heterocycles. The number of phenolic OH excluding ortho intramolecular Hbond substituents is 1. The van der Waals surface area contributed by atoms with Crippen LogP contribution >= 0.6 is 0 Å². The molecule has 0 unspecified atom stereocenters. The van der Waals surface area contributed by atoms with Crippen LogP contribution in [0.5, 0.6) is 5.75 Å². The quantitative estimate of drug-likeness (QED) is 0.752. The highest BCUT2D eigenvalue weighted by Gasteiger charge is 2.20. The van der Waals surface area contributed by atoms with E-state index in [0.717, 1.165) is 0 Å². The fourth-order valence-corrected chi connectivity index (χ4v) is 2.03. The average Bonchev–Trinajstić information content (AvgIpc) is 2.90. The largest absolute Gasteiger partial charge is 0.508 e. The van der Waals surface area contributed by atoms with Crippen molar-refractivity contribution in [2.24, 2.45) is 0 Å². The summed E-state index contributed by atoms with van der Waals surface area (Å²) < 4.78 is 10.6. The van der Waals surface area contributed by atoms with E-state index in [0.29, 0.717) is 22.5 Å². The number of rotatable bonds is 2. The second-order valence-corrected chi connectivity index (χ2v) is 6.11. The van der Waals surface area contributed by atoms with Crippen LogP contribution in [0.3, 0.4) is 0 Å². The highest BCUT2D eigenvalue weighted by atomic mass is 16.5. The summed E-state index contributed by atoms with van der Waals surface area (Å²) >= 11 is 0. The molecule has 0 saturated heterocycles. The van der Waals surface area contributed by atoms with E-state index in [2.05, 4.69) is 10.5 Å². The van der Waals surface area contributed by atoms with Gasteiger partial charge in [0.2, 0.25) is 5.43 Å². The van der Waals surface area contributed by atoms with Crippen LogP contribution in [0, 0.1) is 0 Å². The van der Waals surface area contributed by atoms with Crippen molar-refractivity contribution in [3.63, 3.8) is 0 Å². The molecule has 0 aliphatic heterocycles. The summed E-state index contributed by atoms with van der Waals surface area (Å²) in [5, 5.41) is 16.6. The minimum Gasteiger partial charge on any atom is -0.508 e. The van der Waals surface area contributed by atoms with Crippen molar-refractivity contribution in [2.45, 2.75) is 26.2 Å². The third-order valence-electron chi connectivity index (χ3n) is 3.27. The molecule has 0 radical (unpaired) electrons. The molecule has 0 atom stereocenters. The fourth-order valence-electron chi connectivity index (χ4n) is 2.03. The first-order valence-electron chi connectivity index (χ1n) is 6.83. The standard InChI is InChI=1S/C16H16N2O4/c1-16(2,3)13-7-14(18-22-13)17-11-8-21-12-6-9(19)4-5-10(12)15(11)20/h4-8,19H,1-3H3,(H,17,18). The van der Waals surface area contributed by atoms with Gasteiger partial charge in [0.1, 0.15) is 29.0 Å². The number of hydrogen-bond acceptors (Lipinski definition) is 6. The number of anilines is 2. The molecule has 1 aromatic carbocycles. The summed E-state index contributed by atoms with van der Waals surface area (Å²) in [6.07, 6.45) is 1.30. The fraction of sp³-hybridized carbons (Fsp3) is 0.250. The topological polar surface area (TPSA) is 88.5 Å². The van der Waals surface area contributed by atoms with Gasteiger partial charge in [-0.15, -0.1) is 0 Å². The van der Waals surface area contributed by atoms with E-state index in [-0.39, 0.29) is 22.3 Å². The van der Waals surface area contributed by atoms with Gasteiger partial charge in [-0.1, -0.05) is 25.9 Å². The zero-order valence-corrected chi connectivity index (χ0v) is 12.5. The van der Waals surface area contributed by atoms with Gasteiger partial charge >= 0.3 is 0 Å². The second-order valence-electron chi connectivity index (χ2n) is 6.11. The lowest BCUT2D eigenvalue weighted by Gasteiger charge is -2.12. The Morgan fingerprint density at radius 2 is 2.00 bits per heavy atom. The van der Waals surface area contributed by atoms with Crippen molar-refractivity contribution in [1.29, 1.82) is 0 Å². The number of benzene rings is 1. The van der Waals surface area contributed by atoms with Gasteiger partial charge in [-0.05, 0) is 12.1 Å². The highest BCUT2D eigenvalue weighted by Crippen LogP contribution is 2.26. The van der Waals surface area contributed by atoms with E-state index in [1.807, 2.05) is 20.8 Å². The van der Waals surface area contributed by atoms with Gasteiger partial charge in [-0.25, -0.2) is 0 Å². The van der Waals surface area contributed by atoms with E-state index in [9.17, 15) is 9.90 Å². The number of fused-ring (bicyclic) bond motifs is 1. The Morgan fingerprint density at radius 1 is 1.23 bits per heavy atom. The minimum absolute atomic E-state index is 0.0441. The molecule has 0 amide bonds. The van der Waals surface area contributed by atoms with Gasteiger partial charge in [0.15, 0.2) is 5.82 Å². The van der Waals surface area contributed by atoms with E-state index in [1.165, 1.54) is 24.5 Å². The Bertz CT molecular complexity index is 887. The van der Waals surface area contributed by atoms with Crippen LogP contribution in [0.2, 0.25) is 0 Å². The van der Waals surface area contributed by atoms with Gasteiger partial charge in [0.05, 0.1) is 5.39 Å². The van der Waals surface area contributed by atoms with Crippen molar-refractivity contribution in [3.8, 4) is 5.75 Å². The first-order chi connectivity index (χ1) is 10.3. The predicted octanol–water partition coefficient (Wildman–Crippen LogP) is 3.53. The molecule has 6 nitrogen and oxygen atoms in total. The summed E-state index contributed by atoms with van der Waals surface area (Å²) in [6.45, 7) is 6.02. The lowest BCUT2D eigenvalue weighted by Crippen LogP contribution is -2.09.